The van der Waals surface area contributed by atoms with Gasteiger partial charge < -0.3 is 30.5 Å². The number of phenols is 1. The molecule has 39 heavy (non-hydrogen) atoms. The third-order valence-electron chi connectivity index (χ3n) is 5.70. The van der Waals surface area contributed by atoms with Crippen molar-refractivity contribution in [1.29, 1.82) is 0 Å². The molecule has 2 atom stereocenters. The molecule has 1 aromatic carbocycles. The molecule has 0 aliphatic carbocycles. The molecule has 0 bridgehead atoms. The number of phenolic OH excluding ortho intramolecular Hbond substituents is 1. The number of benzene rings is 1. The van der Waals surface area contributed by atoms with Crippen LogP contribution >= 0.6 is 34.9 Å². The number of β-lactam (4-membered cyclic amide) rings is 1. The molecule has 0 unspecified atom stereocenters. The van der Waals surface area contributed by atoms with E-state index in [1.54, 1.807) is 18.3 Å². The van der Waals surface area contributed by atoms with Crippen LogP contribution < -0.4 is 11.1 Å². The van der Waals surface area contributed by atoms with Crippen LogP contribution in [0, 0.1) is 0 Å². The van der Waals surface area contributed by atoms with E-state index in [9.17, 15) is 24.6 Å². The fourth-order valence-electron chi connectivity index (χ4n) is 3.93. The second-order valence-electron chi connectivity index (χ2n) is 8.14. The van der Waals surface area contributed by atoms with E-state index in [0.717, 1.165) is 16.9 Å². The van der Waals surface area contributed by atoms with Crippen LogP contribution in [-0.4, -0.2) is 78.6 Å². The standard InChI is InChI=1S/C23H20N6O7S3/c1-35-28-15(13-9-38-22(24)26-13)18(31)27-16-19(32)29-17(21(33)34)11(7-37-20(16)29)8-39-23-25-6-14(36-23)10-2-4-12(30)5-3-10/h2-6,9,16,20,30H,7-8H2,1H3,(H2,24,26)(H,27,31)(H,33,34)/b28-15-/t16-,20-/m1/s1. The Balaban J connectivity index is 1.27. The lowest BCUT2D eigenvalue weighted by molar-refractivity contribution is -0.150. The van der Waals surface area contributed by atoms with Gasteiger partial charge in [0.25, 0.3) is 17.0 Å². The Hall–Kier alpha value is -4.02. The molecule has 202 valence electrons. The van der Waals surface area contributed by atoms with E-state index in [2.05, 4.69) is 20.4 Å². The van der Waals surface area contributed by atoms with E-state index in [1.165, 1.54) is 53.0 Å². The molecule has 4 heterocycles. The van der Waals surface area contributed by atoms with Crippen LogP contribution in [0.25, 0.3) is 11.3 Å². The molecule has 0 radical (unpaired) electrons. The third-order valence-corrected chi connectivity index (χ3v) is 8.65. The lowest BCUT2D eigenvalue weighted by atomic mass is 10.0. The number of fused-ring (bicyclic) bond motifs is 1. The number of nitrogens with one attached hydrogen (secondary N) is 1. The van der Waals surface area contributed by atoms with Gasteiger partial charge in [-0.2, -0.15) is 0 Å². The number of aliphatic carboxylic acids is 1. The molecule has 2 aliphatic rings. The van der Waals surface area contributed by atoms with Crippen LogP contribution in [0.5, 0.6) is 5.75 Å². The topological polar surface area (TPSA) is 193 Å². The Morgan fingerprint density at radius 2 is 2.13 bits per heavy atom. The summed E-state index contributed by atoms with van der Waals surface area (Å²) in [4.78, 5) is 52.3. The van der Waals surface area contributed by atoms with Crippen LogP contribution in [0.3, 0.4) is 0 Å². The van der Waals surface area contributed by atoms with Crippen molar-refractivity contribution in [3.8, 4) is 17.1 Å². The number of carboxylic acids is 1. The number of anilines is 1. The van der Waals surface area contributed by atoms with Gasteiger partial charge in [-0.3, -0.25) is 14.5 Å². The Bertz CT molecular complexity index is 1500. The van der Waals surface area contributed by atoms with Crippen LogP contribution in [0.1, 0.15) is 5.69 Å². The number of nitrogen functional groups attached to an aromatic ring is 1. The number of hydrogen-bond acceptors (Lipinski definition) is 13. The van der Waals surface area contributed by atoms with Crippen molar-refractivity contribution >= 4 is 63.5 Å². The van der Waals surface area contributed by atoms with Gasteiger partial charge in [-0.15, -0.1) is 23.1 Å². The molecule has 2 aromatic heterocycles. The van der Waals surface area contributed by atoms with Gasteiger partial charge in [0, 0.05) is 22.4 Å². The Kier molecular flexibility index (Phi) is 7.49. The number of carbonyl (C=O) groups is 3. The van der Waals surface area contributed by atoms with Gasteiger partial charge >= 0.3 is 5.97 Å². The maximum absolute atomic E-state index is 13.0. The number of carbonyl (C=O) groups excluding carboxylic acids is 2. The first kappa shape index (κ1) is 26.6. The summed E-state index contributed by atoms with van der Waals surface area (Å²) in [5.41, 5.74) is 6.82. The minimum atomic E-state index is -1.24. The van der Waals surface area contributed by atoms with Crippen molar-refractivity contribution in [2.45, 2.75) is 16.6 Å². The number of nitrogens with two attached hydrogens (primary N) is 1. The van der Waals surface area contributed by atoms with Crippen molar-refractivity contribution in [3.63, 3.8) is 0 Å². The normalized spacial score (nSPS) is 18.9. The van der Waals surface area contributed by atoms with Crippen LogP contribution in [0.2, 0.25) is 0 Å². The summed E-state index contributed by atoms with van der Waals surface area (Å²) in [6.07, 6.45) is 1.54. The summed E-state index contributed by atoms with van der Waals surface area (Å²) in [6, 6.07) is 5.49. The van der Waals surface area contributed by atoms with E-state index in [0.29, 0.717) is 22.3 Å². The van der Waals surface area contributed by atoms with Crippen LogP contribution in [0.15, 0.2) is 61.9 Å². The second-order valence-corrected chi connectivity index (χ2v) is 11.1. The minimum Gasteiger partial charge on any atom is -0.508 e. The number of aromatic hydroxyl groups is 1. The molecule has 1 saturated heterocycles. The number of carboxylic acid groups (broad SMARTS) is 1. The number of nitrogens with zero attached hydrogens (tertiary/aromatic N) is 4. The number of oxime groups is 1. The number of hydrogen-bond donors (Lipinski definition) is 4. The summed E-state index contributed by atoms with van der Waals surface area (Å²) in [7, 11) is 1.27. The van der Waals surface area contributed by atoms with Gasteiger partial charge in [0.05, 0.1) is 6.20 Å². The zero-order chi connectivity index (χ0) is 27.7. The number of amides is 2. The van der Waals surface area contributed by atoms with E-state index in [4.69, 9.17) is 15.0 Å². The SMILES string of the molecule is CO/N=C(\C(=O)N[C@@H]1C(=O)N2C(C(=O)O)=C(CSc3ncc(-c4ccc(O)cc4)o3)CS[C@H]12)c1csc(N)n1. The van der Waals surface area contributed by atoms with Gasteiger partial charge in [0.1, 0.15) is 35.7 Å². The molecule has 2 aliphatic heterocycles. The molecule has 2 amide bonds. The average molecular weight is 589 g/mol. The molecule has 0 saturated carbocycles. The first-order valence-electron chi connectivity index (χ1n) is 11.2. The van der Waals surface area contributed by atoms with Crippen LogP contribution in [-0.2, 0) is 19.2 Å². The van der Waals surface area contributed by atoms with Crippen molar-refractivity contribution < 1.29 is 33.9 Å². The van der Waals surface area contributed by atoms with Gasteiger partial charge in [-0.1, -0.05) is 16.9 Å². The smallest absolute Gasteiger partial charge is 0.352 e. The largest absolute Gasteiger partial charge is 0.508 e. The van der Waals surface area contributed by atoms with Crippen molar-refractivity contribution in [2.75, 3.05) is 24.3 Å². The van der Waals surface area contributed by atoms with E-state index < -0.39 is 29.2 Å². The zero-order valence-corrected chi connectivity index (χ0v) is 22.5. The number of rotatable bonds is 9. The molecule has 5 rings (SSSR count). The van der Waals surface area contributed by atoms with Crippen molar-refractivity contribution in [3.05, 3.63) is 52.8 Å². The Morgan fingerprint density at radius 1 is 1.36 bits per heavy atom. The minimum absolute atomic E-state index is 0.120. The summed E-state index contributed by atoms with van der Waals surface area (Å²) in [6.45, 7) is 0. The number of aromatic nitrogens is 2. The maximum Gasteiger partial charge on any atom is 0.352 e. The summed E-state index contributed by atoms with van der Waals surface area (Å²) >= 11 is 3.65. The Morgan fingerprint density at radius 3 is 2.79 bits per heavy atom. The number of thioether (sulfide) groups is 2. The summed E-state index contributed by atoms with van der Waals surface area (Å²) in [5, 5.41) is 27.2. The molecule has 16 heteroatoms. The van der Waals surface area contributed by atoms with E-state index in [1.807, 2.05) is 0 Å². The highest BCUT2D eigenvalue weighted by atomic mass is 32.2. The highest BCUT2D eigenvalue weighted by molar-refractivity contribution is 8.01. The van der Waals surface area contributed by atoms with Gasteiger partial charge in [0.15, 0.2) is 16.6 Å². The molecule has 1 fully saturated rings. The predicted molar refractivity (Wildman–Crippen MR) is 144 cm³/mol. The fourth-order valence-corrected chi connectivity index (χ4v) is 6.76. The van der Waals surface area contributed by atoms with Gasteiger partial charge in [0.2, 0.25) is 0 Å². The molecular weight excluding hydrogens is 568 g/mol. The average Bonchev–Trinajstić information content (AvgIpc) is 3.57. The van der Waals surface area contributed by atoms with Crippen molar-refractivity contribution in [2.24, 2.45) is 5.16 Å². The first-order chi connectivity index (χ1) is 18.8. The quantitative estimate of drug-likeness (QED) is 0.123. The maximum atomic E-state index is 13.0. The zero-order valence-electron chi connectivity index (χ0n) is 20.1. The molecule has 0 spiro atoms. The second kappa shape index (κ2) is 11.0. The Labute approximate surface area is 233 Å². The number of thiazole rings is 1. The molecule has 5 N–H and O–H groups in total. The number of oxazole rings is 1. The lowest BCUT2D eigenvalue weighted by Crippen LogP contribution is -2.71. The molecular formula is C23H20N6O7S3. The van der Waals surface area contributed by atoms with E-state index >= 15 is 0 Å². The highest BCUT2D eigenvalue weighted by Gasteiger charge is 2.54. The van der Waals surface area contributed by atoms with E-state index in [-0.39, 0.29) is 33.7 Å². The fraction of sp³-hybridized carbons (Fsp3) is 0.217. The van der Waals surface area contributed by atoms with Crippen LogP contribution in [0.4, 0.5) is 5.13 Å². The van der Waals surface area contributed by atoms with Crippen molar-refractivity contribution in [1.82, 2.24) is 20.2 Å². The lowest BCUT2D eigenvalue weighted by Gasteiger charge is -2.49. The summed E-state index contributed by atoms with van der Waals surface area (Å²) < 4.78 is 5.75. The molecule has 13 nitrogen and oxygen atoms in total. The first-order valence-corrected chi connectivity index (χ1v) is 14.1. The molecule has 3 aromatic rings. The van der Waals surface area contributed by atoms with Gasteiger partial charge in [-0.05, 0) is 29.8 Å². The highest BCUT2D eigenvalue weighted by Crippen LogP contribution is 2.41. The summed E-state index contributed by atoms with van der Waals surface area (Å²) in [5.74, 6) is -1.32. The monoisotopic (exact) mass is 588 g/mol. The predicted octanol–water partition coefficient (Wildman–Crippen LogP) is 1.97. The van der Waals surface area contributed by atoms with Gasteiger partial charge in [-0.25, -0.2) is 14.8 Å². The third kappa shape index (κ3) is 5.30.